The van der Waals surface area contributed by atoms with Gasteiger partial charge < -0.3 is 19.4 Å². The van der Waals surface area contributed by atoms with Gasteiger partial charge in [0.1, 0.15) is 0 Å². The first kappa shape index (κ1) is 21.8. The largest absolute Gasteiger partial charge is 0.460 e. The number of rotatable bonds is 10. The van der Waals surface area contributed by atoms with Gasteiger partial charge in [0.15, 0.2) is 11.5 Å². The van der Waals surface area contributed by atoms with E-state index in [4.69, 9.17) is 14.1 Å². The molecule has 0 aliphatic carbocycles. The molecule has 164 valence electrons. The van der Waals surface area contributed by atoms with Crippen LogP contribution < -0.4 is 15.8 Å². The monoisotopic (exact) mass is 428 g/mol. The molecule has 0 aliphatic rings. The fourth-order valence-corrected chi connectivity index (χ4v) is 2.68. The number of nitrogens with zero attached hydrogens (tertiary/aromatic N) is 5. The van der Waals surface area contributed by atoms with Gasteiger partial charge in [-0.05, 0) is 6.42 Å². The van der Waals surface area contributed by atoms with E-state index in [1.807, 2.05) is 18.2 Å². The van der Waals surface area contributed by atoms with Gasteiger partial charge in [-0.25, -0.2) is 14.3 Å². The highest BCUT2D eigenvalue weighted by Crippen LogP contribution is 2.10. The second kappa shape index (κ2) is 10.8. The molecule has 0 atom stereocenters. The van der Waals surface area contributed by atoms with E-state index in [-0.39, 0.29) is 18.4 Å². The molecule has 0 spiro atoms. The number of nitrogens with one attached hydrogen (secondary N) is 1. The van der Waals surface area contributed by atoms with Crippen LogP contribution in [0.4, 0.5) is 4.79 Å². The van der Waals surface area contributed by atoms with Crippen molar-refractivity contribution in [3.63, 3.8) is 0 Å². The fraction of sp³-hybridized carbons (Fsp3) is 0.350. The minimum absolute atomic E-state index is 0.0520. The third-order valence-electron chi connectivity index (χ3n) is 4.18. The third-order valence-corrected chi connectivity index (χ3v) is 4.18. The van der Waals surface area contributed by atoms with Crippen LogP contribution in [0.25, 0.3) is 0 Å². The summed E-state index contributed by atoms with van der Waals surface area (Å²) in [5.74, 6) is -0.369. The summed E-state index contributed by atoms with van der Waals surface area (Å²) in [6, 6.07) is 10.7. The van der Waals surface area contributed by atoms with Crippen molar-refractivity contribution in [2.75, 3.05) is 6.54 Å². The summed E-state index contributed by atoms with van der Waals surface area (Å²) in [5.41, 5.74) is 1.01. The van der Waals surface area contributed by atoms with Gasteiger partial charge in [0.25, 0.3) is 0 Å². The highest BCUT2D eigenvalue weighted by atomic mass is 16.6. The van der Waals surface area contributed by atoms with Gasteiger partial charge in [0.2, 0.25) is 12.6 Å². The summed E-state index contributed by atoms with van der Waals surface area (Å²) in [5, 5.41) is 10.9. The van der Waals surface area contributed by atoms with Crippen molar-refractivity contribution in [3.8, 4) is 5.88 Å². The predicted octanol–water partition coefficient (Wildman–Crippen LogP) is 2.28. The van der Waals surface area contributed by atoms with Crippen molar-refractivity contribution >= 4 is 11.8 Å². The molecule has 2 aromatic heterocycles. The van der Waals surface area contributed by atoms with Crippen LogP contribution in [0.1, 0.15) is 37.6 Å². The molecule has 0 unspecified atom stereocenters. The number of oxime groups is 1. The first-order valence-corrected chi connectivity index (χ1v) is 9.86. The van der Waals surface area contributed by atoms with E-state index >= 15 is 0 Å². The Morgan fingerprint density at radius 2 is 2.03 bits per heavy atom. The SMILES string of the molecule is CCCCCNC(=O)Oc1ccn(CO/N=C(/c2ccccc2)c2nc(=O)on2C)n1. The molecule has 11 nitrogen and oxygen atoms in total. The van der Waals surface area contributed by atoms with Crippen LogP contribution in [-0.2, 0) is 18.6 Å². The molecular weight excluding hydrogens is 404 g/mol. The number of hydrogen-bond acceptors (Lipinski definition) is 8. The summed E-state index contributed by atoms with van der Waals surface area (Å²) >= 11 is 0. The van der Waals surface area contributed by atoms with Crippen molar-refractivity contribution in [1.29, 1.82) is 0 Å². The lowest BCUT2D eigenvalue weighted by molar-refractivity contribution is 0.0745. The number of aryl methyl sites for hydroxylation is 1. The number of benzene rings is 1. The van der Waals surface area contributed by atoms with Crippen LogP contribution in [0.2, 0.25) is 0 Å². The van der Waals surface area contributed by atoms with Crippen molar-refractivity contribution < 1.29 is 18.9 Å². The molecule has 1 N–H and O–H groups in total. The second-order valence-electron chi connectivity index (χ2n) is 6.57. The first-order chi connectivity index (χ1) is 15.1. The lowest BCUT2D eigenvalue weighted by Crippen LogP contribution is -2.27. The van der Waals surface area contributed by atoms with Crippen molar-refractivity contribution in [2.45, 2.75) is 32.9 Å². The van der Waals surface area contributed by atoms with Crippen molar-refractivity contribution in [1.82, 2.24) is 24.8 Å². The average Bonchev–Trinajstić information content (AvgIpc) is 3.34. The number of ether oxygens (including phenoxy) is 1. The van der Waals surface area contributed by atoms with Crippen molar-refractivity contribution in [3.05, 3.63) is 64.5 Å². The van der Waals surface area contributed by atoms with Crippen LogP contribution >= 0.6 is 0 Å². The van der Waals surface area contributed by atoms with Crippen LogP contribution in [0.3, 0.4) is 0 Å². The van der Waals surface area contributed by atoms with Gasteiger partial charge in [0, 0.05) is 31.4 Å². The van der Waals surface area contributed by atoms with E-state index < -0.39 is 11.8 Å². The van der Waals surface area contributed by atoms with Crippen LogP contribution in [0.15, 0.2) is 57.1 Å². The molecule has 1 amide bonds. The Bertz CT molecular complexity index is 1070. The third kappa shape index (κ3) is 6.29. The van der Waals surface area contributed by atoms with E-state index in [2.05, 4.69) is 27.5 Å². The predicted molar refractivity (Wildman–Crippen MR) is 111 cm³/mol. The summed E-state index contributed by atoms with van der Waals surface area (Å²) in [6.45, 7) is 2.59. The van der Waals surface area contributed by atoms with E-state index in [1.165, 1.54) is 15.5 Å². The van der Waals surface area contributed by atoms with E-state index in [0.717, 1.165) is 19.3 Å². The van der Waals surface area contributed by atoms with Crippen molar-refractivity contribution in [2.24, 2.45) is 12.2 Å². The quantitative estimate of drug-likeness (QED) is 0.298. The van der Waals surface area contributed by atoms with Crippen LogP contribution in [0, 0.1) is 0 Å². The summed E-state index contributed by atoms with van der Waals surface area (Å²) in [6.07, 6.45) is 4.04. The molecule has 0 radical (unpaired) electrons. The van der Waals surface area contributed by atoms with Gasteiger partial charge in [0.05, 0.1) is 0 Å². The van der Waals surface area contributed by atoms with Gasteiger partial charge >= 0.3 is 11.8 Å². The Morgan fingerprint density at radius 1 is 1.23 bits per heavy atom. The number of carbonyl (C=O) groups excluding carboxylic acids is 1. The molecule has 0 fully saturated rings. The highest BCUT2D eigenvalue weighted by Gasteiger charge is 2.16. The number of carbonyl (C=O) groups is 1. The minimum Gasteiger partial charge on any atom is -0.390 e. The lowest BCUT2D eigenvalue weighted by atomic mass is 10.1. The average molecular weight is 428 g/mol. The first-order valence-electron chi connectivity index (χ1n) is 9.86. The molecule has 0 aliphatic heterocycles. The maximum absolute atomic E-state index is 11.8. The Morgan fingerprint density at radius 3 is 2.74 bits per heavy atom. The maximum atomic E-state index is 11.8. The summed E-state index contributed by atoms with van der Waals surface area (Å²) in [7, 11) is 1.55. The molecular formula is C20H24N6O5. The molecule has 0 saturated carbocycles. The van der Waals surface area contributed by atoms with E-state index in [9.17, 15) is 9.59 Å². The Labute approximate surface area is 178 Å². The Hall–Kier alpha value is -3.89. The normalized spacial score (nSPS) is 11.4. The molecule has 3 aromatic rings. The van der Waals surface area contributed by atoms with Gasteiger partial charge in [-0.15, -0.1) is 5.10 Å². The van der Waals surface area contributed by atoms with E-state index in [1.54, 1.807) is 25.4 Å². The molecule has 0 bridgehead atoms. The molecule has 1 aromatic carbocycles. The van der Waals surface area contributed by atoms with Crippen LogP contribution in [0.5, 0.6) is 5.88 Å². The number of unbranched alkanes of at least 4 members (excludes halogenated alkanes) is 2. The van der Waals surface area contributed by atoms with E-state index in [0.29, 0.717) is 17.8 Å². The molecule has 0 saturated heterocycles. The zero-order valence-corrected chi connectivity index (χ0v) is 17.4. The molecule has 31 heavy (non-hydrogen) atoms. The zero-order valence-electron chi connectivity index (χ0n) is 17.4. The second-order valence-corrected chi connectivity index (χ2v) is 6.57. The Kier molecular flexibility index (Phi) is 7.57. The van der Waals surface area contributed by atoms with Gasteiger partial charge in [-0.1, -0.05) is 55.3 Å². The van der Waals surface area contributed by atoms with Gasteiger partial charge in [-0.3, -0.25) is 0 Å². The van der Waals surface area contributed by atoms with Crippen LogP contribution in [-0.4, -0.2) is 37.9 Å². The smallest absolute Gasteiger partial charge is 0.390 e. The molecule has 2 heterocycles. The summed E-state index contributed by atoms with van der Waals surface area (Å²) < 4.78 is 12.7. The molecule has 11 heteroatoms. The molecule has 3 rings (SSSR count). The number of amides is 1. The number of hydrogen-bond donors (Lipinski definition) is 1. The Balaban J connectivity index is 1.62. The van der Waals surface area contributed by atoms with Gasteiger partial charge in [-0.2, -0.15) is 9.72 Å². The minimum atomic E-state index is -0.733. The topological polar surface area (TPSA) is 126 Å². The maximum Gasteiger partial charge on any atom is 0.460 e. The zero-order chi connectivity index (χ0) is 22.1. The number of aromatic nitrogens is 4. The highest BCUT2D eigenvalue weighted by molar-refractivity contribution is 6.10. The lowest BCUT2D eigenvalue weighted by Gasteiger charge is -2.06. The summed E-state index contributed by atoms with van der Waals surface area (Å²) in [4.78, 5) is 32.5. The fourth-order valence-electron chi connectivity index (χ4n) is 2.68. The standard InChI is InChI=1S/C20H24N6O5/c1-3-4-8-12-21-19(27)30-16-11-13-26(23-16)14-29-24-17(15-9-6-5-7-10-15)18-22-20(28)31-25(18)2/h5-7,9-11,13H,3-4,8,12,14H2,1-2H3,(H,21,27)/b24-17-.